The number of carbonyl (C=O) groups excluding carboxylic acids is 1. The second-order valence-corrected chi connectivity index (χ2v) is 5.08. The van der Waals surface area contributed by atoms with Gasteiger partial charge in [0.15, 0.2) is 0 Å². The van der Waals surface area contributed by atoms with Gasteiger partial charge >= 0.3 is 0 Å². The molecule has 0 saturated carbocycles. The van der Waals surface area contributed by atoms with Crippen molar-refractivity contribution in [1.82, 2.24) is 9.88 Å². The standard InChI is InChI=1S/C16H17ClN2O2/c1-19(10-8-13-5-3-4-9-18-13)16(20)14-11-12(17)6-7-15(14)21-2/h3-7,9,11H,8,10H2,1-2H3. The van der Waals surface area contributed by atoms with Crippen molar-refractivity contribution in [1.29, 1.82) is 0 Å². The summed E-state index contributed by atoms with van der Waals surface area (Å²) in [5, 5.41) is 0.511. The van der Waals surface area contributed by atoms with E-state index in [0.29, 0.717) is 29.3 Å². The van der Waals surface area contributed by atoms with Gasteiger partial charge in [0.1, 0.15) is 5.75 Å². The molecule has 110 valence electrons. The van der Waals surface area contributed by atoms with Crippen molar-refractivity contribution in [2.24, 2.45) is 0 Å². The zero-order valence-electron chi connectivity index (χ0n) is 12.0. The van der Waals surface area contributed by atoms with E-state index in [9.17, 15) is 4.79 Å². The molecule has 1 aromatic carbocycles. The molecule has 21 heavy (non-hydrogen) atoms. The molecule has 2 rings (SSSR count). The lowest BCUT2D eigenvalue weighted by molar-refractivity contribution is 0.0793. The minimum atomic E-state index is -0.120. The van der Waals surface area contributed by atoms with Crippen molar-refractivity contribution in [3.05, 3.63) is 58.9 Å². The van der Waals surface area contributed by atoms with E-state index in [0.717, 1.165) is 5.69 Å². The molecule has 4 nitrogen and oxygen atoms in total. The Balaban J connectivity index is 2.07. The van der Waals surface area contributed by atoms with Gasteiger partial charge in [0, 0.05) is 36.9 Å². The molecule has 0 aliphatic rings. The van der Waals surface area contributed by atoms with E-state index < -0.39 is 0 Å². The van der Waals surface area contributed by atoms with E-state index in [1.54, 1.807) is 36.3 Å². The molecule has 0 aliphatic heterocycles. The van der Waals surface area contributed by atoms with E-state index in [2.05, 4.69) is 4.98 Å². The Morgan fingerprint density at radius 1 is 1.33 bits per heavy atom. The predicted molar refractivity (Wildman–Crippen MR) is 82.9 cm³/mol. The number of hydrogen-bond acceptors (Lipinski definition) is 3. The molecule has 2 aromatic rings. The number of hydrogen-bond donors (Lipinski definition) is 0. The molecule has 0 radical (unpaired) electrons. The van der Waals surface area contributed by atoms with Gasteiger partial charge in [-0.3, -0.25) is 9.78 Å². The molecule has 0 fully saturated rings. The van der Waals surface area contributed by atoms with Crippen LogP contribution in [-0.2, 0) is 6.42 Å². The fraction of sp³-hybridized carbons (Fsp3) is 0.250. The Kier molecular flexibility index (Phi) is 5.17. The summed E-state index contributed by atoms with van der Waals surface area (Å²) in [6.45, 7) is 0.575. The van der Waals surface area contributed by atoms with Crippen LogP contribution < -0.4 is 4.74 Å². The first-order valence-electron chi connectivity index (χ1n) is 6.60. The van der Waals surface area contributed by atoms with Gasteiger partial charge in [-0.1, -0.05) is 17.7 Å². The van der Waals surface area contributed by atoms with Crippen LogP contribution in [0.3, 0.4) is 0 Å². The van der Waals surface area contributed by atoms with Crippen LogP contribution >= 0.6 is 11.6 Å². The summed E-state index contributed by atoms with van der Waals surface area (Å²) in [5.74, 6) is 0.402. The molecule has 0 atom stereocenters. The fourth-order valence-corrected chi connectivity index (χ4v) is 2.15. The first-order chi connectivity index (χ1) is 10.1. The van der Waals surface area contributed by atoms with Gasteiger partial charge in [-0.15, -0.1) is 0 Å². The van der Waals surface area contributed by atoms with E-state index in [1.165, 1.54) is 7.11 Å². The third-order valence-electron chi connectivity index (χ3n) is 3.17. The van der Waals surface area contributed by atoms with Crippen LogP contribution in [0.2, 0.25) is 5.02 Å². The summed E-state index contributed by atoms with van der Waals surface area (Å²) in [6.07, 6.45) is 2.45. The van der Waals surface area contributed by atoms with Gasteiger partial charge in [0.25, 0.3) is 5.91 Å². The van der Waals surface area contributed by atoms with Crippen molar-refractivity contribution in [2.75, 3.05) is 20.7 Å². The number of amides is 1. The molecule has 0 aliphatic carbocycles. The molecule has 0 bridgehead atoms. The molecule has 1 heterocycles. The van der Waals surface area contributed by atoms with Gasteiger partial charge in [0.2, 0.25) is 0 Å². The number of aromatic nitrogens is 1. The van der Waals surface area contributed by atoms with Crippen LogP contribution in [-0.4, -0.2) is 36.5 Å². The quantitative estimate of drug-likeness (QED) is 0.852. The molecule has 1 amide bonds. The Morgan fingerprint density at radius 3 is 2.81 bits per heavy atom. The van der Waals surface area contributed by atoms with E-state index >= 15 is 0 Å². The molecule has 0 unspecified atom stereocenters. The van der Waals surface area contributed by atoms with Crippen LogP contribution in [0.4, 0.5) is 0 Å². The topological polar surface area (TPSA) is 42.4 Å². The summed E-state index contributed by atoms with van der Waals surface area (Å²) < 4.78 is 5.22. The van der Waals surface area contributed by atoms with Crippen LogP contribution in [0.1, 0.15) is 16.1 Å². The number of methoxy groups -OCH3 is 1. The second-order valence-electron chi connectivity index (χ2n) is 4.64. The van der Waals surface area contributed by atoms with Gasteiger partial charge < -0.3 is 9.64 Å². The highest BCUT2D eigenvalue weighted by Gasteiger charge is 2.17. The van der Waals surface area contributed by atoms with Gasteiger partial charge in [-0.2, -0.15) is 0 Å². The number of halogens is 1. The third kappa shape index (κ3) is 3.95. The minimum absolute atomic E-state index is 0.120. The Hall–Kier alpha value is -2.07. The number of ether oxygens (including phenoxy) is 1. The molecule has 0 saturated heterocycles. The van der Waals surface area contributed by atoms with E-state index in [1.807, 2.05) is 18.2 Å². The summed E-state index contributed by atoms with van der Waals surface area (Å²) in [7, 11) is 3.29. The third-order valence-corrected chi connectivity index (χ3v) is 3.40. The fourth-order valence-electron chi connectivity index (χ4n) is 1.98. The van der Waals surface area contributed by atoms with Gasteiger partial charge in [-0.05, 0) is 30.3 Å². The lowest BCUT2D eigenvalue weighted by Gasteiger charge is -2.18. The average molecular weight is 305 g/mol. The molecular weight excluding hydrogens is 288 g/mol. The maximum absolute atomic E-state index is 12.5. The first kappa shape index (κ1) is 15.3. The Morgan fingerprint density at radius 2 is 2.14 bits per heavy atom. The first-order valence-corrected chi connectivity index (χ1v) is 6.98. The van der Waals surface area contributed by atoms with E-state index in [-0.39, 0.29) is 5.91 Å². The zero-order valence-corrected chi connectivity index (χ0v) is 12.8. The minimum Gasteiger partial charge on any atom is -0.496 e. The molecule has 5 heteroatoms. The van der Waals surface area contributed by atoms with Crippen molar-refractivity contribution in [3.8, 4) is 5.75 Å². The van der Waals surface area contributed by atoms with Crippen molar-refractivity contribution >= 4 is 17.5 Å². The van der Waals surface area contributed by atoms with Crippen molar-refractivity contribution in [2.45, 2.75) is 6.42 Å². The summed E-state index contributed by atoms with van der Waals surface area (Å²) in [5.41, 5.74) is 1.42. The van der Waals surface area contributed by atoms with Crippen LogP contribution in [0.15, 0.2) is 42.6 Å². The summed E-state index contributed by atoms with van der Waals surface area (Å²) >= 11 is 5.96. The molecule has 0 N–H and O–H groups in total. The van der Waals surface area contributed by atoms with Gasteiger partial charge in [-0.25, -0.2) is 0 Å². The summed E-state index contributed by atoms with van der Waals surface area (Å²) in [6, 6.07) is 10.8. The smallest absolute Gasteiger partial charge is 0.257 e. The zero-order chi connectivity index (χ0) is 15.2. The number of benzene rings is 1. The maximum atomic E-state index is 12.5. The van der Waals surface area contributed by atoms with Gasteiger partial charge in [0.05, 0.1) is 12.7 Å². The van der Waals surface area contributed by atoms with Crippen molar-refractivity contribution < 1.29 is 9.53 Å². The number of nitrogens with zero attached hydrogens (tertiary/aromatic N) is 2. The van der Waals surface area contributed by atoms with E-state index in [4.69, 9.17) is 16.3 Å². The number of carbonyl (C=O) groups is 1. The second kappa shape index (κ2) is 7.09. The highest BCUT2D eigenvalue weighted by Crippen LogP contribution is 2.23. The van der Waals surface area contributed by atoms with Crippen LogP contribution in [0, 0.1) is 0 Å². The average Bonchev–Trinajstić information content (AvgIpc) is 2.52. The number of pyridine rings is 1. The molecule has 1 aromatic heterocycles. The lowest BCUT2D eigenvalue weighted by Crippen LogP contribution is -2.29. The van der Waals surface area contributed by atoms with Crippen LogP contribution in [0.5, 0.6) is 5.75 Å². The normalized spacial score (nSPS) is 10.2. The predicted octanol–water partition coefficient (Wildman–Crippen LogP) is 3.06. The SMILES string of the molecule is COc1ccc(Cl)cc1C(=O)N(C)CCc1ccccn1. The Labute approximate surface area is 129 Å². The molecule has 0 spiro atoms. The highest BCUT2D eigenvalue weighted by atomic mass is 35.5. The number of likely N-dealkylation sites (N-methyl/N-ethyl adjacent to an activating group) is 1. The maximum Gasteiger partial charge on any atom is 0.257 e. The molecular formula is C16H17ClN2O2. The monoisotopic (exact) mass is 304 g/mol. The van der Waals surface area contributed by atoms with Crippen molar-refractivity contribution in [3.63, 3.8) is 0 Å². The number of rotatable bonds is 5. The Bertz CT molecular complexity index is 617. The highest BCUT2D eigenvalue weighted by molar-refractivity contribution is 6.31. The largest absolute Gasteiger partial charge is 0.496 e. The summed E-state index contributed by atoms with van der Waals surface area (Å²) in [4.78, 5) is 18.4. The van der Waals surface area contributed by atoms with Crippen LogP contribution in [0.25, 0.3) is 0 Å². The lowest BCUT2D eigenvalue weighted by atomic mass is 10.1.